The van der Waals surface area contributed by atoms with Crippen LogP contribution in [0.5, 0.6) is 0 Å². The molecule has 2 N–H and O–H groups in total. The molecule has 0 radical (unpaired) electrons. The highest BCUT2D eigenvalue weighted by Crippen LogP contribution is 2.22. The van der Waals surface area contributed by atoms with Crippen LogP contribution in [0, 0.1) is 0 Å². The number of fused-ring (bicyclic) bond motifs is 1. The molecule has 3 rings (SSSR count). The van der Waals surface area contributed by atoms with Gasteiger partial charge < -0.3 is 14.8 Å². The topological polar surface area (TPSA) is 79.5 Å². The highest BCUT2D eigenvalue weighted by molar-refractivity contribution is 9.10. The zero-order valence-electron chi connectivity index (χ0n) is 13.3. The molecule has 2 aromatic carbocycles. The number of aliphatic hydroxyl groups excluding tert-OH is 1. The fourth-order valence-electron chi connectivity index (χ4n) is 2.86. The summed E-state index contributed by atoms with van der Waals surface area (Å²) in [4.78, 5) is 23.9. The zero-order chi connectivity index (χ0) is 18.0. The summed E-state index contributed by atoms with van der Waals surface area (Å²) in [5.74, 6) is -1.27. The predicted molar refractivity (Wildman–Crippen MR) is 99.2 cm³/mol. The summed E-state index contributed by atoms with van der Waals surface area (Å²) in [6.45, 7) is 0.0797. The standard InChI is InChI=1S/C19H16BrNO4/c20-16-4-2-1-3-13(16)9-12-5-6-17-14(10-12)18(23)15(19(24)25)11-21(17)7-8-22/h1-6,10-11,22H,7-9H2,(H,24,25). The Morgan fingerprint density at radius 2 is 1.92 bits per heavy atom. The van der Waals surface area contributed by atoms with Crippen molar-refractivity contribution in [2.75, 3.05) is 6.61 Å². The van der Waals surface area contributed by atoms with Crippen LogP contribution in [0.3, 0.4) is 0 Å². The molecule has 3 aromatic rings. The van der Waals surface area contributed by atoms with Crippen LogP contribution in [0.4, 0.5) is 0 Å². The average molecular weight is 402 g/mol. The summed E-state index contributed by atoms with van der Waals surface area (Å²) in [6.07, 6.45) is 1.91. The third-order valence-corrected chi connectivity index (χ3v) is 4.84. The maximum absolute atomic E-state index is 12.5. The minimum Gasteiger partial charge on any atom is -0.477 e. The molecule has 0 fully saturated rings. The Bertz CT molecular complexity index is 1010. The summed E-state index contributed by atoms with van der Waals surface area (Å²) in [7, 11) is 0. The molecule has 0 saturated carbocycles. The number of rotatable bonds is 5. The molecule has 25 heavy (non-hydrogen) atoms. The highest BCUT2D eigenvalue weighted by Gasteiger charge is 2.15. The van der Waals surface area contributed by atoms with Crippen molar-refractivity contribution in [3.8, 4) is 0 Å². The maximum Gasteiger partial charge on any atom is 0.341 e. The van der Waals surface area contributed by atoms with E-state index in [0.29, 0.717) is 17.3 Å². The number of pyridine rings is 1. The number of aliphatic hydroxyl groups is 1. The fourth-order valence-corrected chi connectivity index (χ4v) is 3.29. The molecule has 0 spiro atoms. The Balaban J connectivity index is 2.16. The van der Waals surface area contributed by atoms with Crippen molar-refractivity contribution < 1.29 is 15.0 Å². The molecule has 128 valence electrons. The van der Waals surface area contributed by atoms with Crippen LogP contribution in [0.2, 0.25) is 0 Å². The number of nitrogens with zero attached hydrogens (tertiary/aromatic N) is 1. The number of aromatic carboxylic acids is 1. The van der Waals surface area contributed by atoms with E-state index in [2.05, 4.69) is 15.9 Å². The number of hydrogen-bond donors (Lipinski definition) is 2. The lowest BCUT2D eigenvalue weighted by Crippen LogP contribution is -2.19. The molecule has 6 heteroatoms. The van der Waals surface area contributed by atoms with Crippen molar-refractivity contribution in [3.63, 3.8) is 0 Å². The number of benzene rings is 2. The first-order valence-corrected chi connectivity index (χ1v) is 8.54. The third kappa shape index (κ3) is 3.50. The molecule has 1 heterocycles. The van der Waals surface area contributed by atoms with Gasteiger partial charge in [-0.3, -0.25) is 4.79 Å². The minimum absolute atomic E-state index is 0.143. The monoisotopic (exact) mass is 401 g/mol. The third-order valence-electron chi connectivity index (χ3n) is 4.07. The largest absolute Gasteiger partial charge is 0.477 e. The molecule has 0 saturated heterocycles. The van der Waals surface area contributed by atoms with Gasteiger partial charge >= 0.3 is 5.97 Å². The lowest BCUT2D eigenvalue weighted by atomic mass is 10.0. The van der Waals surface area contributed by atoms with Crippen molar-refractivity contribution in [2.24, 2.45) is 0 Å². The van der Waals surface area contributed by atoms with E-state index in [9.17, 15) is 19.8 Å². The van der Waals surface area contributed by atoms with E-state index in [1.54, 1.807) is 16.7 Å². The van der Waals surface area contributed by atoms with Gasteiger partial charge in [0, 0.05) is 22.6 Å². The van der Waals surface area contributed by atoms with Crippen molar-refractivity contribution in [1.29, 1.82) is 0 Å². The van der Waals surface area contributed by atoms with E-state index in [-0.39, 0.29) is 18.7 Å². The number of halogens is 1. The molecular formula is C19H16BrNO4. The minimum atomic E-state index is -1.27. The van der Waals surface area contributed by atoms with Gasteiger partial charge in [-0.1, -0.05) is 40.2 Å². The second kappa shape index (κ2) is 7.21. The Morgan fingerprint density at radius 3 is 2.60 bits per heavy atom. The molecule has 0 aliphatic heterocycles. The number of carboxylic acids is 1. The molecule has 1 aromatic heterocycles. The van der Waals surface area contributed by atoms with Crippen LogP contribution in [-0.2, 0) is 13.0 Å². The summed E-state index contributed by atoms with van der Waals surface area (Å²) in [5.41, 5.74) is 1.80. The summed E-state index contributed by atoms with van der Waals surface area (Å²) >= 11 is 3.51. The van der Waals surface area contributed by atoms with Crippen molar-refractivity contribution in [1.82, 2.24) is 4.57 Å². The molecule has 0 amide bonds. The van der Waals surface area contributed by atoms with E-state index in [1.165, 1.54) is 6.20 Å². The lowest BCUT2D eigenvalue weighted by molar-refractivity contribution is 0.0694. The number of carboxylic acid groups (broad SMARTS) is 1. The van der Waals surface area contributed by atoms with Gasteiger partial charge in [0.15, 0.2) is 0 Å². The summed E-state index contributed by atoms with van der Waals surface area (Å²) in [5, 5.41) is 18.8. The van der Waals surface area contributed by atoms with E-state index in [4.69, 9.17) is 0 Å². The van der Waals surface area contributed by atoms with Crippen LogP contribution in [0.25, 0.3) is 10.9 Å². The van der Waals surface area contributed by atoms with Crippen LogP contribution in [-0.4, -0.2) is 27.4 Å². The molecule has 0 unspecified atom stereocenters. The average Bonchev–Trinajstić information content (AvgIpc) is 2.59. The molecule has 0 aliphatic carbocycles. The SMILES string of the molecule is O=C(O)c1cn(CCO)c2ccc(Cc3ccccc3Br)cc2c1=O. The van der Waals surface area contributed by atoms with Crippen LogP contribution >= 0.6 is 15.9 Å². The number of carbonyl (C=O) groups is 1. The van der Waals surface area contributed by atoms with E-state index in [0.717, 1.165) is 15.6 Å². The van der Waals surface area contributed by atoms with Gasteiger partial charge in [0.2, 0.25) is 5.43 Å². The van der Waals surface area contributed by atoms with Crippen molar-refractivity contribution >= 4 is 32.8 Å². The van der Waals surface area contributed by atoms with Crippen molar-refractivity contribution in [2.45, 2.75) is 13.0 Å². The summed E-state index contributed by atoms with van der Waals surface area (Å²) < 4.78 is 2.58. The predicted octanol–water partition coefficient (Wildman–Crippen LogP) is 3.05. The maximum atomic E-state index is 12.5. The zero-order valence-corrected chi connectivity index (χ0v) is 14.9. The Kier molecular flexibility index (Phi) is 5.01. The number of aromatic nitrogens is 1. The Hall–Kier alpha value is -2.44. The molecule has 5 nitrogen and oxygen atoms in total. The van der Waals surface area contributed by atoms with Gasteiger partial charge in [0.1, 0.15) is 5.56 Å². The first-order valence-electron chi connectivity index (χ1n) is 7.75. The first kappa shape index (κ1) is 17.4. The quantitative estimate of drug-likeness (QED) is 0.688. The second-order valence-corrected chi connectivity index (χ2v) is 6.57. The smallest absolute Gasteiger partial charge is 0.341 e. The Labute approximate surface area is 152 Å². The van der Waals surface area contributed by atoms with Gasteiger partial charge in [-0.15, -0.1) is 0 Å². The van der Waals surface area contributed by atoms with Gasteiger partial charge in [-0.05, 0) is 35.7 Å². The highest BCUT2D eigenvalue weighted by atomic mass is 79.9. The van der Waals surface area contributed by atoms with Crippen LogP contribution in [0.1, 0.15) is 21.5 Å². The van der Waals surface area contributed by atoms with Crippen LogP contribution < -0.4 is 5.43 Å². The Morgan fingerprint density at radius 1 is 1.16 bits per heavy atom. The van der Waals surface area contributed by atoms with E-state index in [1.807, 2.05) is 30.3 Å². The molecule has 0 aliphatic rings. The van der Waals surface area contributed by atoms with Gasteiger partial charge in [0.25, 0.3) is 0 Å². The summed E-state index contributed by atoms with van der Waals surface area (Å²) in [6, 6.07) is 13.3. The van der Waals surface area contributed by atoms with Gasteiger partial charge in [-0.25, -0.2) is 4.79 Å². The fraction of sp³-hybridized carbons (Fsp3) is 0.158. The van der Waals surface area contributed by atoms with Crippen molar-refractivity contribution in [3.05, 3.63) is 80.0 Å². The molecular weight excluding hydrogens is 386 g/mol. The van der Waals surface area contributed by atoms with Gasteiger partial charge in [0.05, 0.1) is 12.1 Å². The second-order valence-electron chi connectivity index (χ2n) is 5.71. The van der Waals surface area contributed by atoms with E-state index >= 15 is 0 Å². The van der Waals surface area contributed by atoms with E-state index < -0.39 is 11.4 Å². The molecule has 0 bridgehead atoms. The lowest BCUT2D eigenvalue weighted by Gasteiger charge is -2.12. The number of hydrogen-bond acceptors (Lipinski definition) is 3. The molecule has 0 atom stereocenters. The first-order chi connectivity index (χ1) is 12.0. The van der Waals surface area contributed by atoms with Crippen LogP contribution in [0.15, 0.2) is 57.9 Å². The normalized spacial score (nSPS) is 11.0. The van der Waals surface area contributed by atoms with Gasteiger partial charge in [-0.2, -0.15) is 0 Å².